The van der Waals surface area contributed by atoms with E-state index >= 15 is 0 Å². The Morgan fingerprint density at radius 1 is 1.24 bits per heavy atom. The van der Waals surface area contributed by atoms with E-state index in [2.05, 4.69) is 15.3 Å². The van der Waals surface area contributed by atoms with Gasteiger partial charge in [-0.25, -0.2) is 9.97 Å². The number of aliphatic hydroxyl groups excluding tert-OH is 1. The quantitative estimate of drug-likeness (QED) is 0.785. The Bertz CT molecular complexity index is 615. The van der Waals surface area contributed by atoms with Gasteiger partial charge in [-0.15, -0.1) is 0 Å². The second-order valence-electron chi connectivity index (χ2n) is 5.33. The van der Waals surface area contributed by atoms with Crippen molar-refractivity contribution in [3.63, 3.8) is 0 Å². The van der Waals surface area contributed by atoms with Crippen molar-refractivity contribution in [1.82, 2.24) is 9.97 Å². The summed E-state index contributed by atoms with van der Waals surface area (Å²) < 4.78 is 0. The zero-order chi connectivity index (χ0) is 15.5. The molecule has 0 aliphatic carbocycles. The van der Waals surface area contributed by atoms with Gasteiger partial charge in [0.1, 0.15) is 17.5 Å². The minimum atomic E-state index is -0.627. The maximum absolute atomic E-state index is 9.85. The number of hydrogen-bond acceptors (Lipinski definition) is 5. The molecule has 112 valence electrons. The van der Waals surface area contributed by atoms with Crippen molar-refractivity contribution in [2.75, 3.05) is 17.7 Å². The van der Waals surface area contributed by atoms with Gasteiger partial charge < -0.3 is 16.2 Å². The van der Waals surface area contributed by atoms with E-state index in [4.69, 9.17) is 5.73 Å². The molecule has 0 aliphatic heterocycles. The van der Waals surface area contributed by atoms with Gasteiger partial charge in [0.15, 0.2) is 0 Å². The van der Waals surface area contributed by atoms with Crippen molar-refractivity contribution >= 4 is 11.6 Å². The molecule has 4 N–H and O–H groups in total. The molecular weight excluding hydrogens is 264 g/mol. The van der Waals surface area contributed by atoms with Crippen molar-refractivity contribution in [2.24, 2.45) is 0 Å². The van der Waals surface area contributed by atoms with E-state index in [1.165, 1.54) is 0 Å². The number of aliphatic hydroxyl groups is 1. The van der Waals surface area contributed by atoms with Crippen LogP contribution in [0.15, 0.2) is 30.3 Å². The van der Waals surface area contributed by atoms with Gasteiger partial charge in [0.25, 0.3) is 0 Å². The molecule has 1 aromatic carbocycles. The molecule has 0 amide bonds. The lowest BCUT2D eigenvalue weighted by molar-refractivity contribution is 0.223. The highest BCUT2D eigenvalue weighted by molar-refractivity contribution is 5.56. The fraction of sp³-hybridized carbons (Fsp3) is 0.375. The number of nitrogen functional groups attached to an aromatic ring is 1. The third-order valence-corrected chi connectivity index (χ3v) is 3.67. The molecule has 5 nitrogen and oxygen atoms in total. The van der Waals surface area contributed by atoms with Crippen molar-refractivity contribution in [2.45, 2.75) is 32.7 Å². The number of nitrogens with two attached hydrogens (primary N) is 1. The Balaban J connectivity index is 2.41. The van der Waals surface area contributed by atoms with E-state index in [9.17, 15) is 5.11 Å². The standard InChI is InChI=1S/C16H22N4O/c1-4-13-18-14(17)11(2)15(19-13)20-16(3,10-21)12-8-6-5-7-9-12/h5-9,21H,4,10H2,1-3H3,(H3,17,18,19,20). The van der Waals surface area contributed by atoms with Crippen LogP contribution >= 0.6 is 0 Å². The molecule has 1 unspecified atom stereocenters. The van der Waals surface area contributed by atoms with Crippen LogP contribution in [0.3, 0.4) is 0 Å². The van der Waals surface area contributed by atoms with Crippen LogP contribution in [-0.4, -0.2) is 21.7 Å². The lowest BCUT2D eigenvalue weighted by Gasteiger charge is -2.31. The van der Waals surface area contributed by atoms with Gasteiger partial charge in [0.2, 0.25) is 0 Å². The highest BCUT2D eigenvalue weighted by Gasteiger charge is 2.27. The van der Waals surface area contributed by atoms with Crippen LogP contribution in [0.25, 0.3) is 0 Å². The predicted molar refractivity (Wildman–Crippen MR) is 85.1 cm³/mol. The van der Waals surface area contributed by atoms with Gasteiger partial charge in [-0.1, -0.05) is 37.3 Å². The first-order valence-corrected chi connectivity index (χ1v) is 7.07. The molecular formula is C16H22N4O. The average molecular weight is 286 g/mol. The molecule has 1 heterocycles. The van der Waals surface area contributed by atoms with E-state index in [-0.39, 0.29) is 6.61 Å². The summed E-state index contributed by atoms with van der Waals surface area (Å²) in [5.41, 5.74) is 7.10. The Kier molecular flexibility index (Phi) is 4.43. The highest BCUT2D eigenvalue weighted by atomic mass is 16.3. The second-order valence-corrected chi connectivity index (χ2v) is 5.33. The number of rotatable bonds is 5. The predicted octanol–water partition coefficient (Wildman–Crippen LogP) is 2.25. The zero-order valence-corrected chi connectivity index (χ0v) is 12.7. The molecule has 0 bridgehead atoms. The van der Waals surface area contributed by atoms with E-state index in [0.29, 0.717) is 23.9 Å². The summed E-state index contributed by atoms with van der Waals surface area (Å²) in [6.45, 7) is 5.74. The molecule has 0 radical (unpaired) electrons. The largest absolute Gasteiger partial charge is 0.394 e. The summed E-state index contributed by atoms with van der Waals surface area (Å²) in [7, 11) is 0. The first-order valence-electron chi connectivity index (χ1n) is 7.07. The van der Waals surface area contributed by atoms with Crippen LogP contribution in [0.4, 0.5) is 11.6 Å². The lowest BCUT2D eigenvalue weighted by atomic mass is 9.92. The lowest BCUT2D eigenvalue weighted by Crippen LogP contribution is -2.36. The summed E-state index contributed by atoms with van der Waals surface area (Å²) >= 11 is 0. The van der Waals surface area contributed by atoms with Crippen molar-refractivity contribution in [3.8, 4) is 0 Å². The number of nitrogens with zero attached hydrogens (tertiary/aromatic N) is 2. The van der Waals surface area contributed by atoms with E-state index in [1.807, 2.05) is 51.1 Å². The van der Waals surface area contributed by atoms with Gasteiger partial charge >= 0.3 is 0 Å². The molecule has 0 saturated carbocycles. The van der Waals surface area contributed by atoms with E-state index in [0.717, 1.165) is 11.1 Å². The monoisotopic (exact) mass is 286 g/mol. The van der Waals surface area contributed by atoms with Gasteiger partial charge in [-0.05, 0) is 19.4 Å². The van der Waals surface area contributed by atoms with Crippen LogP contribution in [0.5, 0.6) is 0 Å². The second kappa shape index (κ2) is 6.10. The molecule has 21 heavy (non-hydrogen) atoms. The van der Waals surface area contributed by atoms with Crippen LogP contribution in [-0.2, 0) is 12.0 Å². The zero-order valence-electron chi connectivity index (χ0n) is 12.7. The topological polar surface area (TPSA) is 84.1 Å². The molecule has 0 fully saturated rings. The third kappa shape index (κ3) is 3.13. The SMILES string of the molecule is CCc1nc(N)c(C)c(NC(C)(CO)c2ccccc2)n1. The van der Waals surface area contributed by atoms with Crippen molar-refractivity contribution in [1.29, 1.82) is 0 Å². The van der Waals surface area contributed by atoms with Crippen molar-refractivity contribution in [3.05, 3.63) is 47.3 Å². The maximum atomic E-state index is 9.85. The minimum Gasteiger partial charge on any atom is -0.394 e. The molecule has 0 aliphatic rings. The van der Waals surface area contributed by atoms with Crippen LogP contribution in [0.2, 0.25) is 0 Å². The summed E-state index contributed by atoms with van der Waals surface area (Å²) in [5, 5.41) is 13.2. The number of aromatic nitrogens is 2. The van der Waals surface area contributed by atoms with Crippen LogP contribution in [0.1, 0.15) is 30.8 Å². The minimum absolute atomic E-state index is 0.0538. The molecule has 5 heteroatoms. The van der Waals surface area contributed by atoms with Gasteiger partial charge in [-0.3, -0.25) is 0 Å². The van der Waals surface area contributed by atoms with Crippen molar-refractivity contribution < 1.29 is 5.11 Å². The molecule has 2 rings (SSSR count). The fourth-order valence-electron chi connectivity index (χ4n) is 2.13. The smallest absolute Gasteiger partial charge is 0.135 e. The number of hydrogen-bond donors (Lipinski definition) is 3. The van der Waals surface area contributed by atoms with Crippen LogP contribution in [0, 0.1) is 6.92 Å². The Labute approximate surface area is 125 Å². The molecule has 1 aromatic heterocycles. The number of anilines is 2. The summed E-state index contributed by atoms with van der Waals surface area (Å²) in [5.74, 6) is 1.83. The molecule has 0 spiro atoms. The Hall–Kier alpha value is -2.14. The first-order chi connectivity index (χ1) is 10.00. The number of nitrogens with one attached hydrogen (secondary N) is 1. The van der Waals surface area contributed by atoms with E-state index < -0.39 is 5.54 Å². The van der Waals surface area contributed by atoms with Crippen LogP contribution < -0.4 is 11.1 Å². The van der Waals surface area contributed by atoms with Gasteiger partial charge in [0, 0.05) is 12.0 Å². The average Bonchev–Trinajstić information content (AvgIpc) is 2.52. The maximum Gasteiger partial charge on any atom is 0.135 e. The van der Waals surface area contributed by atoms with E-state index in [1.54, 1.807) is 0 Å². The third-order valence-electron chi connectivity index (χ3n) is 3.67. The Morgan fingerprint density at radius 3 is 2.48 bits per heavy atom. The summed E-state index contributed by atoms with van der Waals surface area (Å²) in [6.07, 6.45) is 0.709. The number of aryl methyl sites for hydroxylation is 1. The summed E-state index contributed by atoms with van der Waals surface area (Å²) in [6, 6.07) is 9.80. The molecule has 0 saturated heterocycles. The Morgan fingerprint density at radius 2 is 1.90 bits per heavy atom. The normalized spacial score (nSPS) is 13.7. The van der Waals surface area contributed by atoms with Gasteiger partial charge in [-0.2, -0.15) is 0 Å². The first kappa shape index (κ1) is 15.3. The molecule has 2 aromatic rings. The fourth-order valence-corrected chi connectivity index (χ4v) is 2.13. The number of benzene rings is 1. The molecule has 1 atom stereocenters. The highest BCUT2D eigenvalue weighted by Crippen LogP contribution is 2.28. The summed E-state index contributed by atoms with van der Waals surface area (Å²) in [4.78, 5) is 8.74. The van der Waals surface area contributed by atoms with Gasteiger partial charge in [0.05, 0.1) is 12.1 Å².